The molecule has 0 aliphatic carbocycles. The average Bonchev–Trinajstić information content (AvgIpc) is 3.56. The highest BCUT2D eigenvalue weighted by atomic mass is 79.9. The molecular weight excluding hydrogens is 648 g/mol. The maximum Gasteiger partial charge on any atom is 0.338 e. The first kappa shape index (κ1) is 29.6. The third-order valence-corrected chi connectivity index (χ3v) is 8.27. The lowest BCUT2D eigenvalue weighted by molar-refractivity contribution is -0.139. The summed E-state index contributed by atoms with van der Waals surface area (Å²) in [6.45, 7) is 3.59. The molecule has 0 amide bonds. The van der Waals surface area contributed by atoms with Crippen LogP contribution >= 0.6 is 38.9 Å². The zero-order valence-electron chi connectivity index (χ0n) is 22.9. The van der Waals surface area contributed by atoms with E-state index in [9.17, 15) is 14.4 Å². The van der Waals surface area contributed by atoms with Gasteiger partial charge >= 0.3 is 11.9 Å². The molecule has 2 aromatic heterocycles. The van der Waals surface area contributed by atoms with Gasteiger partial charge in [0, 0.05) is 26.7 Å². The number of allylic oxidation sites excluding steroid dienone is 1. The van der Waals surface area contributed by atoms with Crippen LogP contribution in [0.2, 0.25) is 5.02 Å². The van der Waals surface area contributed by atoms with Crippen LogP contribution in [0, 0.1) is 0 Å². The Labute approximate surface area is 257 Å². The number of hydrogen-bond donors (Lipinski definition) is 0. The van der Waals surface area contributed by atoms with Gasteiger partial charge in [0.1, 0.15) is 23.3 Å². The summed E-state index contributed by atoms with van der Waals surface area (Å²) in [6, 6.07) is 12.6. The van der Waals surface area contributed by atoms with Crippen LogP contribution in [0.4, 0.5) is 0 Å². The predicted octanol–water partition coefficient (Wildman–Crippen LogP) is 5.27. The molecule has 1 aliphatic heterocycles. The lowest BCUT2D eigenvalue weighted by Crippen LogP contribution is -2.40. The van der Waals surface area contributed by atoms with Crippen LogP contribution < -0.4 is 19.6 Å². The lowest BCUT2D eigenvalue weighted by atomic mass is 9.95. The number of carbonyl (C=O) groups excluding carboxylic acids is 2. The molecule has 0 N–H and O–H groups in total. The van der Waals surface area contributed by atoms with Gasteiger partial charge in [0.25, 0.3) is 5.56 Å². The first-order valence-electron chi connectivity index (χ1n) is 12.7. The van der Waals surface area contributed by atoms with Crippen LogP contribution in [0.5, 0.6) is 5.75 Å². The van der Waals surface area contributed by atoms with Crippen molar-refractivity contribution in [2.24, 2.45) is 4.99 Å². The zero-order valence-corrected chi connectivity index (χ0v) is 26.1. The van der Waals surface area contributed by atoms with Gasteiger partial charge in [-0.1, -0.05) is 38.9 Å². The number of rotatable bonds is 7. The molecule has 0 fully saturated rings. The second-order valence-corrected chi connectivity index (χ2v) is 11.4. The van der Waals surface area contributed by atoms with E-state index in [1.54, 1.807) is 62.4 Å². The summed E-state index contributed by atoms with van der Waals surface area (Å²) in [5.41, 5.74) is 1.62. The number of methoxy groups -OCH3 is 2. The van der Waals surface area contributed by atoms with Gasteiger partial charge in [-0.05, 0) is 62.4 Å². The lowest BCUT2D eigenvalue weighted by Gasteiger charge is -2.26. The fourth-order valence-corrected chi connectivity index (χ4v) is 6.29. The molecule has 3 heterocycles. The minimum atomic E-state index is -0.851. The molecule has 0 bridgehead atoms. The summed E-state index contributed by atoms with van der Waals surface area (Å²) >= 11 is 10.8. The number of halogens is 2. The van der Waals surface area contributed by atoms with Crippen molar-refractivity contribution < 1.29 is 28.2 Å². The molecule has 216 valence electrons. The highest BCUT2D eigenvalue weighted by molar-refractivity contribution is 9.10. The van der Waals surface area contributed by atoms with Gasteiger partial charge in [-0.15, -0.1) is 0 Å². The third kappa shape index (κ3) is 5.47. The summed E-state index contributed by atoms with van der Waals surface area (Å²) in [6.07, 6.45) is 1.59. The highest BCUT2D eigenvalue weighted by Crippen LogP contribution is 2.37. The number of fused-ring (bicyclic) bond motifs is 1. The van der Waals surface area contributed by atoms with Gasteiger partial charge < -0.3 is 18.6 Å². The van der Waals surface area contributed by atoms with E-state index in [1.165, 1.54) is 18.8 Å². The molecule has 0 spiro atoms. The number of nitrogens with zero attached hydrogens (tertiary/aromatic N) is 2. The Balaban J connectivity index is 1.67. The Morgan fingerprint density at radius 2 is 1.93 bits per heavy atom. The molecule has 2 aromatic carbocycles. The van der Waals surface area contributed by atoms with Gasteiger partial charge in [0.2, 0.25) is 0 Å². The van der Waals surface area contributed by atoms with E-state index in [-0.39, 0.29) is 23.3 Å². The molecule has 0 saturated heterocycles. The van der Waals surface area contributed by atoms with E-state index in [1.807, 2.05) is 6.07 Å². The zero-order chi connectivity index (χ0) is 30.1. The Morgan fingerprint density at radius 3 is 2.64 bits per heavy atom. The smallest absolute Gasteiger partial charge is 0.338 e. The molecular formula is C30H24BrClN2O7S. The topological polar surface area (TPSA) is 109 Å². The first-order chi connectivity index (χ1) is 20.2. The number of carbonyl (C=O) groups is 2. The second-order valence-electron chi connectivity index (χ2n) is 9.07. The minimum Gasteiger partial charge on any atom is -0.496 e. The minimum absolute atomic E-state index is 0.160. The van der Waals surface area contributed by atoms with E-state index >= 15 is 0 Å². The standard InChI is InChI=1S/C30H24BrClN2O7S/c1-5-40-29(37)25-15(2)33-30-34(26(25)21-12-16(31)6-10-22(21)38-3)27(35)24(42-30)14-18-8-11-23(41-18)20-13-17(32)7-9-19(20)28(36)39-4/h6-14,26H,5H2,1-4H3/b24-14-/t26-/m1/s1. The molecule has 1 atom stereocenters. The maximum atomic E-state index is 14.0. The molecule has 0 unspecified atom stereocenters. The SMILES string of the molecule is CCOC(=O)C1=C(C)N=c2s/c(=C\c3ccc(-c4cc(Cl)ccc4C(=O)OC)o3)c(=O)n2[C@@H]1c1cc(Br)ccc1OC. The number of aromatic nitrogens is 1. The first-order valence-corrected chi connectivity index (χ1v) is 14.7. The van der Waals surface area contributed by atoms with E-state index < -0.39 is 18.0 Å². The maximum absolute atomic E-state index is 14.0. The van der Waals surface area contributed by atoms with Gasteiger partial charge in [0.15, 0.2) is 4.80 Å². The number of ether oxygens (including phenoxy) is 3. The highest BCUT2D eigenvalue weighted by Gasteiger charge is 2.35. The molecule has 42 heavy (non-hydrogen) atoms. The van der Waals surface area contributed by atoms with Crippen molar-refractivity contribution in [2.75, 3.05) is 20.8 Å². The second kappa shape index (κ2) is 12.1. The molecule has 1 aliphatic rings. The quantitative estimate of drug-likeness (QED) is 0.246. The molecule has 5 rings (SSSR count). The van der Waals surface area contributed by atoms with E-state index in [4.69, 9.17) is 30.2 Å². The fourth-order valence-electron chi connectivity index (χ4n) is 4.72. The van der Waals surface area contributed by atoms with Gasteiger partial charge in [-0.2, -0.15) is 0 Å². The van der Waals surface area contributed by atoms with Crippen molar-refractivity contribution >= 4 is 56.9 Å². The number of benzene rings is 2. The summed E-state index contributed by atoms with van der Waals surface area (Å²) in [7, 11) is 2.82. The fraction of sp³-hybridized carbons (Fsp3) is 0.200. The van der Waals surface area contributed by atoms with Crippen molar-refractivity contribution in [1.29, 1.82) is 0 Å². The number of thiazole rings is 1. The van der Waals surface area contributed by atoms with Crippen LogP contribution in [0.3, 0.4) is 0 Å². The van der Waals surface area contributed by atoms with Crippen molar-refractivity contribution in [3.05, 3.63) is 106 Å². The Hall–Kier alpha value is -3.93. The Morgan fingerprint density at radius 1 is 1.14 bits per heavy atom. The Kier molecular flexibility index (Phi) is 8.53. The predicted molar refractivity (Wildman–Crippen MR) is 162 cm³/mol. The molecule has 0 saturated carbocycles. The van der Waals surface area contributed by atoms with Gasteiger partial charge in [0.05, 0.1) is 42.2 Å². The van der Waals surface area contributed by atoms with Crippen molar-refractivity contribution in [2.45, 2.75) is 19.9 Å². The summed E-state index contributed by atoms with van der Waals surface area (Å²) in [4.78, 5) is 44.5. The van der Waals surface area contributed by atoms with Crippen LogP contribution in [-0.2, 0) is 14.3 Å². The van der Waals surface area contributed by atoms with Crippen molar-refractivity contribution in [1.82, 2.24) is 4.57 Å². The third-order valence-electron chi connectivity index (χ3n) is 6.56. The molecule has 0 radical (unpaired) electrons. The monoisotopic (exact) mass is 670 g/mol. The number of furan rings is 1. The molecule has 4 aromatic rings. The van der Waals surface area contributed by atoms with Crippen LogP contribution in [-0.4, -0.2) is 37.3 Å². The Bertz CT molecular complexity index is 1940. The largest absolute Gasteiger partial charge is 0.496 e. The summed E-state index contributed by atoms with van der Waals surface area (Å²) in [5, 5.41) is 0.416. The number of hydrogen-bond acceptors (Lipinski definition) is 9. The van der Waals surface area contributed by atoms with Crippen LogP contribution in [0.1, 0.15) is 41.6 Å². The summed E-state index contributed by atoms with van der Waals surface area (Å²) < 4.78 is 24.4. The van der Waals surface area contributed by atoms with E-state index in [0.29, 0.717) is 48.5 Å². The van der Waals surface area contributed by atoms with Crippen molar-refractivity contribution in [3.63, 3.8) is 0 Å². The molecule has 9 nitrogen and oxygen atoms in total. The average molecular weight is 672 g/mol. The van der Waals surface area contributed by atoms with Gasteiger partial charge in [-0.3, -0.25) is 9.36 Å². The van der Waals surface area contributed by atoms with E-state index in [2.05, 4.69) is 20.9 Å². The van der Waals surface area contributed by atoms with Crippen molar-refractivity contribution in [3.8, 4) is 17.1 Å². The normalized spacial score (nSPS) is 14.8. The van der Waals surface area contributed by atoms with Gasteiger partial charge in [-0.25, -0.2) is 14.6 Å². The van der Waals surface area contributed by atoms with E-state index in [0.717, 1.165) is 15.8 Å². The molecule has 12 heteroatoms. The summed E-state index contributed by atoms with van der Waals surface area (Å²) in [5.74, 6) is 0.119. The number of esters is 2. The van der Waals surface area contributed by atoms with Crippen LogP contribution in [0.25, 0.3) is 17.4 Å². The van der Waals surface area contributed by atoms with Crippen LogP contribution in [0.15, 0.2) is 78.5 Å².